The van der Waals surface area contributed by atoms with Crippen molar-refractivity contribution in [2.75, 3.05) is 7.05 Å². The van der Waals surface area contributed by atoms with Crippen LogP contribution in [0, 0.1) is 10.8 Å². The molecule has 0 spiro atoms. The Morgan fingerprint density at radius 1 is 1.20 bits per heavy atom. The first-order valence-corrected chi connectivity index (χ1v) is 6.54. The average molecular weight is 211 g/mol. The monoisotopic (exact) mass is 211 g/mol. The van der Waals surface area contributed by atoms with Crippen LogP contribution in [0.2, 0.25) is 0 Å². The summed E-state index contributed by atoms with van der Waals surface area (Å²) in [5.41, 5.74) is 1.08. The molecule has 1 nitrogen and oxygen atoms in total. The van der Waals surface area contributed by atoms with Crippen molar-refractivity contribution >= 4 is 0 Å². The Bertz CT molecular complexity index is 223. The van der Waals surface area contributed by atoms with Crippen molar-refractivity contribution in [2.24, 2.45) is 10.8 Å². The molecule has 0 aromatic heterocycles. The van der Waals surface area contributed by atoms with Gasteiger partial charge in [-0.1, -0.05) is 34.1 Å². The highest BCUT2D eigenvalue weighted by molar-refractivity contribution is 5.10. The maximum atomic E-state index is 2.57. The van der Waals surface area contributed by atoms with Gasteiger partial charge in [-0.05, 0) is 44.6 Å². The van der Waals surface area contributed by atoms with Gasteiger partial charge in [0, 0.05) is 12.1 Å². The second-order valence-corrected chi connectivity index (χ2v) is 6.16. The Labute approximate surface area is 96.2 Å². The minimum atomic E-state index is 0.515. The summed E-state index contributed by atoms with van der Waals surface area (Å²) in [6.07, 6.45) is 4.00. The van der Waals surface area contributed by atoms with Crippen molar-refractivity contribution in [1.29, 1.82) is 0 Å². The lowest BCUT2D eigenvalue weighted by atomic mass is 9.45. The fourth-order valence-electron chi connectivity index (χ4n) is 3.32. The van der Waals surface area contributed by atoms with E-state index in [0.29, 0.717) is 16.9 Å². The summed E-state index contributed by atoms with van der Waals surface area (Å²) in [6, 6.07) is 1.45. The lowest BCUT2D eigenvalue weighted by molar-refractivity contribution is -0.147. The van der Waals surface area contributed by atoms with Gasteiger partial charge in [0.15, 0.2) is 0 Å². The first-order valence-electron chi connectivity index (χ1n) is 6.54. The Balaban J connectivity index is 2.82. The van der Waals surface area contributed by atoms with Crippen molar-refractivity contribution in [1.82, 2.24) is 4.90 Å². The van der Waals surface area contributed by atoms with Gasteiger partial charge < -0.3 is 4.90 Å². The summed E-state index contributed by atoms with van der Waals surface area (Å²) >= 11 is 0. The van der Waals surface area contributed by atoms with E-state index in [0.717, 1.165) is 6.04 Å². The fourth-order valence-corrected chi connectivity index (χ4v) is 3.32. The SMILES string of the molecule is CCC1(C)CC(N(C)C(C)C)C1(C)CC. The summed E-state index contributed by atoms with van der Waals surface area (Å²) in [5.74, 6) is 0. The van der Waals surface area contributed by atoms with Crippen LogP contribution in [0.1, 0.15) is 60.8 Å². The predicted octanol–water partition coefficient (Wildman–Crippen LogP) is 3.93. The third-order valence-corrected chi connectivity index (χ3v) is 5.58. The van der Waals surface area contributed by atoms with E-state index in [1.165, 1.54) is 19.3 Å². The van der Waals surface area contributed by atoms with E-state index in [4.69, 9.17) is 0 Å². The first-order chi connectivity index (χ1) is 6.82. The van der Waals surface area contributed by atoms with Gasteiger partial charge in [0.25, 0.3) is 0 Å². The summed E-state index contributed by atoms with van der Waals surface area (Å²) in [5, 5.41) is 0. The third-order valence-electron chi connectivity index (χ3n) is 5.58. The Morgan fingerprint density at radius 2 is 1.73 bits per heavy atom. The highest BCUT2D eigenvalue weighted by atomic mass is 15.2. The Morgan fingerprint density at radius 3 is 2.07 bits per heavy atom. The molecule has 90 valence electrons. The quantitative estimate of drug-likeness (QED) is 0.681. The van der Waals surface area contributed by atoms with Gasteiger partial charge >= 0.3 is 0 Å². The van der Waals surface area contributed by atoms with Gasteiger partial charge in [-0.3, -0.25) is 0 Å². The lowest BCUT2D eigenvalue weighted by Gasteiger charge is -2.65. The highest BCUT2D eigenvalue weighted by Crippen LogP contribution is 2.61. The zero-order chi connectivity index (χ0) is 11.9. The number of nitrogens with zero attached hydrogens (tertiary/aromatic N) is 1. The zero-order valence-electron chi connectivity index (χ0n) is 11.7. The molecule has 1 saturated carbocycles. The van der Waals surface area contributed by atoms with Gasteiger partial charge in [-0.15, -0.1) is 0 Å². The van der Waals surface area contributed by atoms with E-state index in [2.05, 4.69) is 53.5 Å². The van der Waals surface area contributed by atoms with Crippen LogP contribution in [-0.4, -0.2) is 24.0 Å². The maximum absolute atomic E-state index is 2.57. The largest absolute Gasteiger partial charge is 0.300 e. The maximum Gasteiger partial charge on any atom is 0.0159 e. The second-order valence-electron chi connectivity index (χ2n) is 6.16. The van der Waals surface area contributed by atoms with Gasteiger partial charge in [0.1, 0.15) is 0 Å². The molecular weight excluding hydrogens is 182 g/mol. The van der Waals surface area contributed by atoms with Crippen LogP contribution in [0.15, 0.2) is 0 Å². The van der Waals surface area contributed by atoms with Crippen molar-refractivity contribution in [3.63, 3.8) is 0 Å². The molecule has 0 heterocycles. The van der Waals surface area contributed by atoms with Gasteiger partial charge in [0.2, 0.25) is 0 Å². The van der Waals surface area contributed by atoms with Gasteiger partial charge in [-0.25, -0.2) is 0 Å². The highest BCUT2D eigenvalue weighted by Gasteiger charge is 2.58. The van der Waals surface area contributed by atoms with E-state index >= 15 is 0 Å². The summed E-state index contributed by atoms with van der Waals surface area (Å²) in [7, 11) is 2.29. The van der Waals surface area contributed by atoms with E-state index in [1.54, 1.807) is 0 Å². The van der Waals surface area contributed by atoms with Gasteiger partial charge in [0.05, 0.1) is 0 Å². The van der Waals surface area contributed by atoms with Crippen molar-refractivity contribution in [2.45, 2.75) is 72.9 Å². The molecule has 0 bridgehead atoms. The summed E-state index contributed by atoms with van der Waals surface area (Å²) in [4.78, 5) is 2.57. The molecule has 1 fully saturated rings. The molecule has 0 aromatic rings. The average Bonchev–Trinajstić information content (AvgIpc) is 2.22. The van der Waals surface area contributed by atoms with Crippen molar-refractivity contribution in [3.8, 4) is 0 Å². The molecular formula is C14H29N. The standard InChI is InChI=1S/C14H29N/c1-8-13(5)10-12(14(13,6)9-2)15(7)11(3)4/h11-12H,8-10H2,1-7H3. The molecule has 15 heavy (non-hydrogen) atoms. The molecule has 0 aliphatic heterocycles. The van der Waals surface area contributed by atoms with Crippen LogP contribution < -0.4 is 0 Å². The van der Waals surface area contributed by atoms with Crippen LogP contribution in [0.5, 0.6) is 0 Å². The van der Waals surface area contributed by atoms with E-state index in [1.807, 2.05) is 0 Å². The van der Waals surface area contributed by atoms with Crippen LogP contribution in [0.25, 0.3) is 0 Å². The fraction of sp³-hybridized carbons (Fsp3) is 1.00. The smallest absolute Gasteiger partial charge is 0.0159 e. The van der Waals surface area contributed by atoms with Crippen LogP contribution in [-0.2, 0) is 0 Å². The minimum absolute atomic E-state index is 0.515. The topological polar surface area (TPSA) is 3.24 Å². The molecule has 1 aliphatic carbocycles. The van der Waals surface area contributed by atoms with Crippen molar-refractivity contribution < 1.29 is 0 Å². The number of hydrogen-bond acceptors (Lipinski definition) is 1. The second kappa shape index (κ2) is 4.08. The molecule has 0 aromatic carbocycles. The van der Waals surface area contributed by atoms with E-state index < -0.39 is 0 Å². The molecule has 1 aliphatic rings. The van der Waals surface area contributed by atoms with Crippen molar-refractivity contribution in [3.05, 3.63) is 0 Å². The summed E-state index contributed by atoms with van der Waals surface area (Å²) < 4.78 is 0. The number of rotatable bonds is 4. The molecule has 1 heteroatoms. The van der Waals surface area contributed by atoms with Crippen LogP contribution >= 0.6 is 0 Å². The van der Waals surface area contributed by atoms with Gasteiger partial charge in [-0.2, -0.15) is 0 Å². The third kappa shape index (κ3) is 1.73. The van der Waals surface area contributed by atoms with E-state index in [-0.39, 0.29) is 0 Å². The predicted molar refractivity (Wildman–Crippen MR) is 68.1 cm³/mol. The molecule has 0 saturated heterocycles. The van der Waals surface area contributed by atoms with E-state index in [9.17, 15) is 0 Å². The van der Waals surface area contributed by atoms with Crippen LogP contribution in [0.3, 0.4) is 0 Å². The molecule has 3 atom stereocenters. The molecule has 0 N–H and O–H groups in total. The zero-order valence-corrected chi connectivity index (χ0v) is 11.7. The molecule has 0 radical (unpaired) electrons. The normalized spacial score (nSPS) is 41.0. The molecule has 1 rings (SSSR count). The first kappa shape index (κ1) is 13.0. The Hall–Kier alpha value is -0.0400. The molecule has 0 amide bonds. The van der Waals surface area contributed by atoms with Crippen LogP contribution in [0.4, 0.5) is 0 Å². The summed E-state index contributed by atoms with van der Waals surface area (Å²) in [6.45, 7) is 14.3. The number of hydrogen-bond donors (Lipinski definition) is 0. The molecule has 3 unspecified atom stereocenters. The minimum Gasteiger partial charge on any atom is -0.300 e. The Kier molecular flexibility index (Phi) is 3.55. The lowest BCUT2D eigenvalue weighted by Crippen LogP contribution is -2.65.